The molecule has 5 heteroatoms. The Hall–Kier alpha value is -4.74. The lowest BCUT2D eigenvalue weighted by Crippen LogP contribution is -2.30. The number of allylic oxidation sites excluding steroid dienone is 28. The molecule has 0 N–H and O–H groups in total. The number of ether oxygens (including phenoxy) is 3. The number of hydrogen-bond acceptors (Lipinski definition) is 5. The molecule has 5 nitrogen and oxygen atoms in total. The monoisotopic (exact) mass is 849 g/mol. The van der Waals surface area contributed by atoms with E-state index in [-0.39, 0.29) is 38.0 Å². The number of hydrogen-bond donors (Lipinski definition) is 0. The van der Waals surface area contributed by atoms with Crippen molar-refractivity contribution in [2.24, 2.45) is 0 Å². The Morgan fingerprint density at radius 3 is 0.984 bits per heavy atom. The lowest BCUT2D eigenvalue weighted by Gasteiger charge is -2.18. The fraction of sp³-hybridized carbons (Fsp3) is 0.474. The standard InChI is InChI=1S/C57H84O5/c1-4-7-10-13-16-19-22-25-27-28-29-30-31-33-35-38-41-44-47-50-56(58)61-54-55(53-60-52-49-46-43-40-37-34-26-23-20-17-14-11-8-5-2)62-57(59)51-48-45-42-39-36-32-24-21-18-15-12-9-6-3/h7-12,16-21,25-27,29-30,32-36,40-45,55H,4-6,13-15,22-24,28,31,37-39,46-54H2,1-3H3/b10-7-,11-8-,12-9-,19-16-,20-17-,21-18-,27-25-,30-29-,34-26-,35-33-,36-32-,43-40-,44-41-,45-42-. The SMILES string of the molecule is CC/C=C\C/C=C\C/C=C\C/C=C\C/C=C\C/C=C\CCC(=O)OCC(COCCC/C=C\C/C=C\C/C=C\C/C=C\CC)OC(=O)CC/C=C\C/C=C\C/C=C\C/C=C\CC. The van der Waals surface area contributed by atoms with E-state index in [2.05, 4.69) is 179 Å². The summed E-state index contributed by atoms with van der Waals surface area (Å²) in [5.41, 5.74) is 0. The van der Waals surface area contributed by atoms with Crippen molar-refractivity contribution in [3.05, 3.63) is 170 Å². The molecule has 0 rings (SSSR count). The van der Waals surface area contributed by atoms with Crippen molar-refractivity contribution in [1.82, 2.24) is 0 Å². The molecule has 0 aliphatic heterocycles. The van der Waals surface area contributed by atoms with Crippen LogP contribution in [0, 0.1) is 0 Å². The molecular weight excluding hydrogens is 765 g/mol. The highest BCUT2D eigenvalue weighted by atomic mass is 16.6. The molecule has 0 amide bonds. The first-order chi connectivity index (χ1) is 30.6. The van der Waals surface area contributed by atoms with Crippen LogP contribution in [0.1, 0.15) is 149 Å². The Morgan fingerprint density at radius 1 is 0.355 bits per heavy atom. The summed E-state index contributed by atoms with van der Waals surface area (Å²) in [6.45, 7) is 7.13. The van der Waals surface area contributed by atoms with Crippen molar-refractivity contribution < 1.29 is 23.8 Å². The quantitative estimate of drug-likeness (QED) is 0.0349. The zero-order valence-corrected chi connectivity index (χ0v) is 39.0. The van der Waals surface area contributed by atoms with E-state index in [0.717, 1.165) is 103 Å². The normalized spacial score (nSPS) is 13.8. The third-order valence-electron chi connectivity index (χ3n) is 8.76. The predicted octanol–water partition coefficient (Wildman–Crippen LogP) is 16.1. The van der Waals surface area contributed by atoms with Crippen LogP contribution in [0.2, 0.25) is 0 Å². The van der Waals surface area contributed by atoms with Crippen LogP contribution >= 0.6 is 0 Å². The molecule has 0 aromatic rings. The highest BCUT2D eigenvalue weighted by molar-refractivity contribution is 5.70. The predicted molar refractivity (Wildman–Crippen MR) is 269 cm³/mol. The zero-order valence-electron chi connectivity index (χ0n) is 39.0. The third kappa shape index (κ3) is 47.9. The Balaban J connectivity index is 4.59. The second kappa shape index (κ2) is 50.6. The van der Waals surface area contributed by atoms with Crippen LogP contribution < -0.4 is 0 Å². The highest BCUT2D eigenvalue weighted by Crippen LogP contribution is 2.06. The van der Waals surface area contributed by atoms with E-state index in [1.54, 1.807) is 0 Å². The van der Waals surface area contributed by atoms with E-state index < -0.39 is 6.10 Å². The summed E-state index contributed by atoms with van der Waals surface area (Å²) >= 11 is 0. The summed E-state index contributed by atoms with van der Waals surface area (Å²) in [4.78, 5) is 25.2. The largest absolute Gasteiger partial charge is 0.462 e. The molecule has 0 aromatic carbocycles. The first kappa shape index (κ1) is 57.3. The maximum Gasteiger partial charge on any atom is 0.306 e. The maximum absolute atomic E-state index is 12.7. The minimum atomic E-state index is -0.646. The van der Waals surface area contributed by atoms with E-state index in [0.29, 0.717) is 19.4 Å². The van der Waals surface area contributed by atoms with Crippen molar-refractivity contribution in [3.63, 3.8) is 0 Å². The Bertz CT molecular complexity index is 1470. The molecule has 0 aromatic heterocycles. The van der Waals surface area contributed by atoms with Crippen LogP contribution in [0.15, 0.2) is 170 Å². The molecule has 0 radical (unpaired) electrons. The summed E-state index contributed by atoms with van der Waals surface area (Å²) in [6.07, 6.45) is 76.8. The Kier molecular flexibility index (Phi) is 46.7. The van der Waals surface area contributed by atoms with Gasteiger partial charge in [-0.3, -0.25) is 9.59 Å². The Labute approximate surface area is 379 Å². The van der Waals surface area contributed by atoms with Crippen LogP contribution in [0.4, 0.5) is 0 Å². The minimum absolute atomic E-state index is 0.0187. The minimum Gasteiger partial charge on any atom is -0.462 e. The van der Waals surface area contributed by atoms with Gasteiger partial charge in [-0.25, -0.2) is 0 Å². The number of rotatable bonds is 40. The van der Waals surface area contributed by atoms with Crippen molar-refractivity contribution >= 4 is 11.9 Å². The van der Waals surface area contributed by atoms with Crippen LogP contribution in [-0.2, 0) is 23.8 Å². The average Bonchev–Trinajstić information content (AvgIpc) is 3.27. The molecule has 1 atom stereocenters. The lowest BCUT2D eigenvalue weighted by atomic mass is 10.2. The van der Waals surface area contributed by atoms with Gasteiger partial charge in [-0.2, -0.15) is 0 Å². The number of carbonyl (C=O) groups excluding carboxylic acids is 2. The molecule has 0 saturated carbocycles. The Morgan fingerprint density at radius 2 is 0.645 bits per heavy atom. The van der Waals surface area contributed by atoms with Crippen LogP contribution in [0.5, 0.6) is 0 Å². The molecule has 342 valence electrons. The van der Waals surface area contributed by atoms with Gasteiger partial charge in [0.2, 0.25) is 0 Å². The second-order valence-corrected chi connectivity index (χ2v) is 14.5. The first-order valence-electron chi connectivity index (χ1n) is 23.7. The van der Waals surface area contributed by atoms with Gasteiger partial charge in [-0.15, -0.1) is 0 Å². The van der Waals surface area contributed by atoms with Gasteiger partial charge in [0.15, 0.2) is 6.10 Å². The van der Waals surface area contributed by atoms with Gasteiger partial charge in [-0.05, 0) is 116 Å². The summed E-state index contributed by atoms with van der Waals surface area (Å²) in [5, 5.41) is 0. The highest BCUT2D eigenvalue weighted by Gasteiger charge is 2.17. The molecule has 0 fully saturated rings. The molecule has 0 saturated heterocycles. The summed E-state index contributed by atoms with van der Waals surface area (Å²) in [6, 6.07) is 0. The van der Waals surface area contributed by atoms with E-state index >= 15 is 0 Å². The zero-order chi connectivity index (χ0) is 44.9. The first-order valence-corrected chi connectivity index (χ1v) is 23.7. The summed E-state index contributed by atoms with van der Waals surface area (Å²) < 4.78 is 17.1. The molecule has 0 bridgehead atoms. The average molecular weight is 849 g/mol. The lowest BCUT2D eigenvalue weighted by molar-refractivity contribution is -0.162. The van der Waals surface area contributed by atoms with Gasteiger partial charge in [0.05, 0.1) is 6.61 Å². The number of carbonyl (C=O) groups is 2. The van der Waals surface area contributed by atoms with Crippen molar-refractivity contribution in [1.29, 1.82) is 0 Å². The molecule has 0 aliphatic carbocycles. The molecular formula is C57H84O5. The van der Waals surface area contributed by atoms with Crippen LogP contribution in [0.3, 0.4) is 0 Å². The van der Waals surface area contributed by atoms with Gasteiger partial charge in [0.25, 0.3) is 0 Å². The van der Waals surface area contributed by atoms with Gasteiger partial charge in [-0.1, -0.05) is 191 Å². The van der Waals surface area contributed by atoms with Gasteiger partial charge >= 0.3 is 11.9 Å². The molecule has 1 unspecified atom stereocenters. The van der Waals surface area contributed by atoms with Gasteiger partial charge in [0, 0.05) is 19.4 Å². The van der Waals surface area contributed by atoms with E-state index in [1.807, 2.05) is 12.2 Å². The second-order valence-electron chi connectivity index (χ2n) is 14.5. The molecule has 62 heavy (non-hydrogen) atoms. The maximum atomic E-state index is 12.7. The summed E-state index contributed by atoms with van der Waals surface area (Å²) in [5.74, 6) is -0.639. The fourth-order valence-corrected chi connectivity index (χ4v) is 5.37. The number of unbranched alkanes of at least 4 members (excludes halogenated alkanes) is 1. The summed E-state index contributed by atoms with van der Waals surface area (Å²) in [7, 11) is 0. The molecule has 0 spiro atoms. The smallest absolute Gasteiger partial charge is 0.306 e. The number of esters is 2. The molecule has 0 heterocycles. The van der Waals surface area contributed by atoms with Crippen molar-refractivity contribution in [3.8, 4) is 0 Å². The molecule has 0 aliphatic rings. The fourth-order valence-electron chi connectivity index (χ4n) is 5.37. The van der Waals surface area contributed by atoms with E-state index in [1.165, 1.54) is 0 Å². The van der Waals surface area contributed by atoms with E-state index in [4.69, 9.17) is 14.2 Å². The van der Waals surface area contributed by atoms with Crippen molar-refractivity contribution in [2.45, 2.75) is 155 Å². The van der Waals surface area contributed by atoms with Crippen LogP contribution in [0.25, 0.3) is 0 Å². The topological polar surface area (TPSA) is 61.8 Å². The van der Waals surface area contributed by atoms with Crippen molar-refractivity contribution in [2.75, 3.05) is 19.8 Å². The van der Waals surface area contributed by atoms with Gasteiger partial charge in [0.1, 0.15) is 6.61 Å². The van der Waals surface area contributed by atoms with Crippen LogP contribution in [-0.4, -0.2) is 37.9 Å². The van der Waals surface area contributed by atoms with E-state index in [9.17, 15) is 9.59 Å². The van der Waals surface area contributed by atoms with Gasteiger partial charge < -0.3 is 14.2 Å². The third-order valence-corrected chi connectivity index (χ3v) is 8.76.